The molecule has 2 unspecified atom stereocenters. The normalized spacial score (nSPS) is 20.3. The molecule has 0 aliphatic carbocycles. The van der Waals surface area contributed by atoms with Gasteiger partial charge in [0, 0.05) is 0 Å². The van der Waals surface area contributed by atoms with Crippen LogP contribution in [0.4, 0.5) is 0 Å². The molecule has 2 N–H and O–H groups in total. The van der Waals surface area contributed by atoms with E-state index >= 15 is 0 Å². The van der Waals surface area contributed by atoms with Crippen LogP contribution >= 0.6 is 0 Å². The van der Waals surface area contributed by atoms with Crippen LogP contribution in [-0.4, -0.2) is 25.3 Å². The van der Waals surface area contributed by atoms with Gasteiger partial charge in [-0.1, -0.05) is 0 Å². The number of rotatable bonds is 2. The average molecular weight is 160 g/mol. The fourth-order valence-electron chi connectivity index (χ4n) is 0.0862. The van der Waals surface area contributed by atoms with Gasteiger partial charge in [-0.25, -0.2) is 8.42 Å². The summed E-state index contributed by atoms with van der Waals surface area (Å²) in [5.74, 6) is 0. The van der Waals surface area contributed by atoms with Crippen molar-refractivity contribution in [3.8, 4) is 0 Å². The summed E-state index contributed by atoms with van der Waals surface area (Å²) >= 11 is 0. The Kier molecular flexibility index (Phi) is 3.65. The van der Waals surface area contributed by atoms with E-state index in [0.717, 1.165) is 0 Å². The van der Waals surface area contributed by atoms with Crippen LogP contribution in [0, 0.1) is 0 Å². The van der Waals surface area contributed by atoms with Crippen LogP contribution < -0.4 is 0 Å². The fraction of sp³-hybridized carbons (Fsp3) is 0. The van der Waals surface area contributed by atoms with Crippen molar-refractivity contribution in [3.63, 3.8) is 0 Å². The van der Waals surface area contributed by atoms with E-state index in [2.05, 4.69) is 0 Å². The second-order valence-electron chi connectivity index (χ2n) is 0.761. The molecular formula is H4O4S2Si. The molecular weight excluding hydrogens is 156 g/mol. The van der Waals surface area contributed by atoms with Crippen molar-refractivity contribution in [1.29, 1.82) is 0 Å². The Balaban J connectivity index is 3.32. The van der Waals surface area contributed by atoms with E-state index < -0.39 is 28.9 Å². The highest BCUT2D eigenvalue weighted by atomic mass is 32.6. The first-order chi connectivity index (χ1) is 3.13. The minimum atomic E-state index is -2.01. The first-order valence-electron chi connectivity index (χ1n) is 1.28. The molecule has 0 saturated carbocycles. The lowest BCUT2D eigenvalue weighted by atomic mass is 15.9. The molecule has 0 fully saturated rings. The second-order valence-corrected chi connectivity index (χ2v) is 8.07. The van der Waals surface area contributed by atoms with E-state index in [1.165, 1.54) is 0 Å². The highest BCUT2D eigenvalue weighted by Gasteiger charge is 1.98. The molecule has 2 atom stereocenters. The van der Waals surface area contributed by atoms with E-state index in [0.29, 0.717) is 0 Å². The molecule has 4 nitrogen and oxygen atoms in total. The van der Waals surface area contributed by atoms with Gasteiger partial charge < -0.3 is 9.11 Å². The minimum Gasteiger partial charge on any atom is -0.311 e. The first-order valence-corrected chi connectivity index (χ1v) is 7.29. The summed E-state index contributed by atoms with van der Waals surface area (Å²) in [7, 11) is -5.68. The lowest BCUT2D eigenvalue weighted by Crippen LogP contribution is -2.05. The molecule has 0 aliphatic heterocycles. The van der Waals surface area contributed by atoms with Crippen LogP contribution in [0.25, 0.3) is 0 Å². The Morgan fingerprint density at radius 1 is 1.14 bits per heavy atom. The van der Waals surface area contributed by atoms with Crippen LogP contribution in [0.15, 0.2) is 0 Å². The van der Waals surface area contributed by atoms with Crippen molar-refractivity contribution in [1.82, 2.24) is 0 Å². The Bertz CT molecular complexity index is 85.9. The Morgan fingerprint density at radius 2 is 1.43 bits per heavy atom. The molecule has 0 aromatic carbocycles. The van der Waals surface area contributed by atoms with Crippen molar-refractivity contribution < 1.29 is 17.5 Å². The molecule has 0 rings (SSSR count). The van der Waals surface area contributed by atoms with Gasteiger partial charge in [0.05, 0.1) is 0 Å². The average Bonchev–Trinajstić information content (AvgIpc) is 1.27. The van der Waals surface area contributed by atoms with Gasteiger partial charge in [0.2, 0.25) is 0 Å². The monoisotopic (exact) mass is 160 g/mol. The van der Waals surface area contributed by atoms with Gasteiger partial charge >= 0.3 is 0 Å². The van der Waals surface area contributed by atoms with Crippen LogP contribution in [-0.2, 0) is 21.1 Å². The predicted molar refractivity (Wildman–Crippen MR) is 30.1 cm³/mol. The summed E-state index contributed by atoms with van der Waals surface area (Å²) in [6.45, 7) is 0. The van der Waals surface area contributed by atoms with Gasteiger partial charge in [-0.3, -0.25) is 0 Å². The maximum Gasteiger partial charge on any atom is 0.296 e. The zero-order chi connectivity index (χ0) is 5.86. The third-order valence-electron chi connectivity index (χ3n) is 0.202. The van der Waals surface area contributed by atoms with E-state index in [9.17, 15) is 8.42 Å². The van der Waals surface area contributed by atoms with Gasteiger partial charge in [0.25, 0.3) is 7.82 Å². The summed E-state index contributed by atoms with van der Waals surface area (Å²) in [5, 5.41) is 0. The lowest BCUT2D eigenvalue weighted by Gasteiger charge is -1.81. The molecule has 0 aromatic heterocycles. The van der Waals surface area contributed by atoms with Gasteiger partial charge in [0.1, 0.15) is 21.1 Å². The molecule has 0 aliphatic rings. The quantitative estimate of drug-likeness (QED) is 0.378. The molecule has 0 radical (unpaired) electrons. The summed E-state index contributed by atoms with van der Waals surface area (Å²) < 4.78 is 35.1. The highest BCUT2D eigenvalue weighted by molar-refractivity contribution is 8.34. The second kappa shape index (κ2) is 3.44. The third-order valence-corrected chi connectivity index (χ3v) is 5.44. The van der Waals surface area contributed by atoms with Gasteiger partial charge in [-0.05, 0) is 0 Å². The zero-order valence-corrected chi connectivity index (χ0v) is 6.28. The standard InChI is InChI=1S/H4O4S2Si/c1-5(2)7-6(3)4/h7H2,(H,1,2)(H,3,4). The van der Waals surface area contributed by atoms with Crippen molar-refractivity contribution in [2.24, 2.45) is 0 Å². The van der Waals surface area contributed by atoms with Crippen molar-refractivity contribution in [3.05, 3.63) is 0 Å². The van der Waals surface area contributed by atoms with Crippen LogP contribution in [0.1, 0.15) is 0 Å². The lowest BCUT2D eigenvalue weighted by molar-refractivity contribution is 0.575. The number of hydrogen-bond acceptors (Lipinski definition) is 2. The fourth-order valence-corrected chi connectivity index (χ4v) is 2.33. The maximum atomic E-state index is 9.63. The summed E-state index contributed by atoms with van der Waals surface area (Å²) in [6.07, 6.45) is 0. The molecule has 0 spiro atoms. The predicted octanol–water partition coefficient (Wildman–Crippen LogP) is -1.57. The first kappa shape index (κ1) is 7.44. The van der Waals surface area contributed by atoms with Crippen LogP contribution in [0.5, 0.6) is 0 Å². The van der Waals surface area contributed by atoms with Crippen molar-refractivity contribution in [2.75, 3.05) is 0 Å². The van der Waals surface area contributed by atoms with Gasteiger partial charge in [-0.15, -0.1) is 0 Å². The summed E-state index contributed by atoms with van der Waals surface area (Å²) in [4.78, 5) is 0. The SMILES string of the molecule is O=S(O)[SiH2]S(=O)O. The maximum absolute atomic E-state index is 9.63. The molecule has 0 heterocycles. The van der Waals surface area contributed by atoms with E-state index in [1.807, 2.05) is 0 Å². The molecule has 0 saturated heterocycles. The summed E-state index contributed by atoms with van der Waals surface area (Å²) in [6, 6.07) is 0. The largest absolute Gasteiger partial charge is 0.311 e. The Morgan fingerprint density at radius 3 is 1.43 bits per heavy atom. The van der Waals surface area contributed by atoms with E-state index in [4.69, 9.17) is 9.11 Å². The molecule has 0 bridgehead atoms. The molecule has 0 aromatic rings. The van der Waals surface area contributed by atoms with Crippen molar-refractivity contribution in [2.45, 2.75) is 0 Å². The zero-order valence-electron chi connectivity index (χ0n) is 3.23. The minimum absolute atomic E-state index is 1.66. The van der Waals surface area contributed by atoms with E-state index in [-0.39, 0.29) is 0 Å². The summed E-state index contributed by atoms with van der Waals surface area (Å²) in [5.41, 5.74) is 0. The molecule has 0 amide bonds. The topological polar surface area (TPSA) is 74.6 Å². The molecule has 7 heteroatoms. The highest BCUT2D eigenvalue weighted by Crippen LogP contribution is 1.71. The van der Waals surface area contributed by atoms with Crippen LogP contribution in [0.3, 0.4) is 0 Å². The Hall–Kier alpha value is 0.437. The van der Waals surface area contributed by atoms with Gasteiger partial charge in [-0.2, -0.15) is 0 Å². The van der Waals surface area contributed by atoms with Gasteiger partial charge in [0.15, 0.2) is 0 Å². The third kappa shape index (κ3) is 6.44. The Labute approximate surface area is 47.0 Å². The van der Waals surface area contributed by atoms with Crippen molar-refractivity contribution >= 4 is 28.9 Å². The molecule has 7 heavy (non-hydrogen) atoms. The number of hydrogen-bond donors (Lipinski definition) is 2. The van der Waals surface area contributed by atoms with E-state index in [1.54, 1.807) is 0 Å². The smallest absolute Gasteiger partial charge is 0.296 e. The molecule has 44 valence electrons. The van der Waals surface area contributed by atoms with Crippen LogP contribution in [0.2, 0.25) is 0 Å².